The number of hydrogen-bond acceptors (Lipinski definition) is 3. The van der Waals surface area contributed by atoms with Crippen molar-refractivity contribution in [3.05, 3.63) is 24.2 Å². The molecule has 0 unspecified atom stereocenters. The Morgan fingerprint density at radius 1 is 1.50 bits per heavy atom. The predicted molar refractivity (Wildman–Crippen MR) is 55.3 cm³/mol. The van der Waals surface area contributed by atoms with Crippen molar-refractivity contribution in [3.63, 3.8) is 0 Å². The Bertz CT molecular complexity index is 299. The Labute approximate surface area is 83.2 Å². The minimum absolute atomic E-state index is 0.348. The maximum Gasteiger partial charge on any atom is 0.168 e. The summed E-state index contributed by atoms with van der Waals surface area (Å²) in [6.07, 6.45) is 3.73. The summed E-state index contributed by atoms with van der Waals surface area (Å²) in [6.45, 7) is 2.05. The quantitative estimate of drug-likeness (QED) is 0.538. The van der Waals surface area contributed by atoms with Crippen LogP contribution in [0.1, 0.15) is 18.6 Å². The largest absolute Gasteiger partial charge is 0.461 e. The minimum atomic E-state index is 0.348. The number of furan rings is 1. The summed E-state index contributed by atoms with van der Waals surface area (Å²) in [5, 5.41) is 3.29. The topological polar surface area (TPSA) is 63.5 Å². The van der Waals surface area contributed by atoms with Crippen LogP contribution in [0.4, 0.5) is 0 Å². The van der Waals surface area contributed by atoms with Crippen molar-refractivity contribution in [3.8, 4) is 0 Å². The second-order valence-electron chi connectivity index (χ2n) is 3.47. The lowest BCUT2D eigenvalue weighted by Crippen LogP contribution is -2.31. The lowest BCUT2D eigenvalue weighted by molar-refractivity contribution is 0.458. The molecular weight excluding hydrogens is 178 g/mol. The number of aliphatic imine (C=N–C) groups is 1. The number of amidine groups is 1. The lowest BCUT2D eigenvalue weighted by atomic mass is 10.1. The maximum absolute atomic E-state index is 5.81. The first kappa shape index (κ1) is 9.27. The van der Waals surface area contributed by atoms with Gasteiger partial charge in [-0.15, -0.1) is 0 Å². The van der Waals surface area contributed by atoms with Gasteiger partial charge in [0.15, 0.2) is 11.6 Å². The molecule has 0 aliphatic carbocycles. The molecule has 1 aliphatic rings. The Morgan fingerprint density at radius 2 is 2.29 bits per heavy atom. The van der Waals surface area contributed by atoms with Gasteiger partial charge in [0.1, 0.15) is 0 Å². The third-order valence-electron chi connectivity index (χ3n) is 2.40. The molecule has 2 rings (SSSR count). The molecule has 0 saturated carbocycles. The number of nitrogens with zero attached hydrogens (tertiary/aromatic N) is 1. The minimum Gasteiger partial charge on any atom is -0.461 e. The van der Waals surface area contributed by atoms with Crippen LogP contribution >= 0.6 is 0 Å². The molecule has 1 saturated heterocycles. The van der Waals surface area contributed by atoms with Crippen molar-refractivity contribution in [1.82, 2.24) is 5.32 Å². The van der Waals surface area contributed by atoms with E-state index in [4.69, 9.17) is 10.2 Å². The first-order chi connectivity index (χ1) is 6.86. The van der Waals surface area contributed by atoms with Gasteiger partial charge in [0.25, 0.3) is 0 Å². The van der Waals surface area contributed by atoms with Crippen LogP contribution in [0, 0.1) is 0 Å². The smallest absolute Gasteiger partial charge is 0.168 e. The summed E-state index contributed by atoms with van der Waals surface area (Å²) in [4.78, 5) is 4.44. The fourth-order valence-corrected chi connectivity index (χ4v) is 1.62. The molecule has 0 spiro atoms. The Balaban J connectivity index is 2.02. The highest BCUT2D eigenvalue weighted by atomic mass is 16.3. The number of nitrogens with two attached hydrogens (primary N) is 1. The van der Waals surface area contributed by atoms with Gasteiger partial charge >= 0.3 is 0 Å². The monoisotopic (exact) mass is 193 g/mol. The molecule has 3 N–H and O–H groups in total. The summed E-state index contributed by atoms with van der Waals surface area (Å²) < 4.78 is 5.17. The fourth-order valence-electron chi connectivity index (χ4n) is 1.62. The van der Waals surface area contributed by atoms with Gasteiger partial charge in [-0.2, -0.15) is 0 Å². The standard InChI is InChI=1S/C10H15N3O/c11-10(9-2-1-7-14-9)13-8-3-5-12-6-4-8/h1-2,7-8,12H,3-6H2,(H2,11,13). The molecule has 14 heavy (non-hydrogen) atoms. The average Bonchev–Trinajstić information content (AvgIpc) is 2.72. The zero-order valence-electron chi connectivity index (χ0n) is 8.07. The van der Waals surface area contributed by atoms with Crippen LogP contribution in [0.5, 0.6) is 0 Å². The molecule has 1 aromatic heterocycles. The Morgan fingerprint density at radius 3 is 2.93 bits per heavy atom. The summed E-state index contributed by atoms with van der Waals surface area (Å²) >= 11 is 0. The van der Waals surface area contributed by atoms with Gasteiger partial charge in [0.2, 0.25) is 0 Å². The molecule has 4 nitrogen and oxygen atoms in total. The lowest BCUT2D eigenvalue weighted by Gasteiger charge is -2.19. The highest BCUT2D eigenvalue weighted by Gasteiger charge is 2.12. The highest BCUT2D eigenvalue weighted by Crippen LogP contribution is 2.08. The van der Waals surface area contributed by atoms with Crippen molar-refractivity contribution >= 4 is 5.84 Å². The number of rotatable bonds is 2. The molecule has 0 bridgehead atoms. The summed E-state index contributed by atoms with van der Waals surface area (Å²) in [7, 11) is 0. The molecule has 0 radical (unpaired) electrons. The highest BCUT2D eigenvalue weighted by molar-refractivity contribution is 5.94. The molecule has 2 heterocycles. The zero-order valence-corrected chi connectivity index (χ0v) is 8.07. The van der Waals surface area contributed by atoms with Crippen LogP contribution in [0.3, 0.4) is 0 Å². The number of hydrogen-bond donors (Lipinski definition) is 2. The molecular formula is C10H15N3O. The van der Waals surface area contributed by atoms with Crippen LogP contribution < -0.4 is 11.1 Å². The first-order valence-corrected chi connectivity index (χ1v) is 4.94. The van der Waals surface area contributed by atoms with E-state index in [1.54, 1.807) is 6.26 Å². The molecule has 4 heteroatoms. The SMILES string of the molecule is NC(=NC1CCNCC1)c1ccco1. The van der Waals surface area contributed by atoms with E-state index in [-0.39, 0.29) is 0 Å². The average molecular weight is 193 g/mol. The molecule has 0 amide bonds. The van der Waals surface area contributed by atoms with Gasteiger partial charge in [0.05, 0.1) is 12.3 Å². The first-order valence-electron chi connectivity index (χ1n) is 4.94. The Hall–Kier alpha value is -1.29. The number of piperidine rings is 1. The third-order valence-corrected chi connectivity index (χ3v) is 2.40. The normalized spacial score (nSPS) is 19.9. The predicted octanol–water partition coefficient (Wildman–Crippen LogP) is 0.737. The van der Waals surface area contributed by atoms with E-state index in [0.717, 1.165) is 25.9 Å². The van der Waals surface area contributed by atoms with E-state index < -0.39 is 0 Å². The fraction of sp³-hybridized carbons (Fsp3) is 0.500. The van der Waals surface area contributed by atoms with Crippen molar-refractivity contribution in [1.29, 1.82) is 0 Å². The molecule has 1 aromatic rings. The van der Waals surface area contributed by atoms with Crippen molar-refractivity contribution in [2.24, 2.45) is 10.7 Å². The van der Waals surface area contributed by atoms with Crippen LogP contribution in [0.25, 0.3) is 0 Å². The second-order valence-corrected chi connectivity index (χ2v) is 3.47. The van der Waals surface area contributed by atoms with Crippen LogP contribution in [0.15, 0.2) is 27.8 Å². The van der Waals surface area contributed by atoms with E-state index in [0.29, 0.717) is 17.6 Å². The van der Waals surface area contributed by atoms with Crippen LogP contribution in [-0.2, 0) is 0 Å². The Kier molecular flexibility index (Phi) is 2.84. The van der Waals surface area contributed by atoms with Gasteiger partial charge in [-0.3, -0.25) is 4.99 Å². The molecule has 1 fully saturated rings. The van der Waals surface area contributed by atoms with Gasteiger partial charge in [-0.25, -0.2) is 0 Å². The summed E-state index contributed by atoms with van der Waals surface area (Å²) in [6, 6.07) is 4.00. The van der Waals surface area contributed by atoms with Gasteiger partial charge in [0, 0.05) is 0 Å². The van der Waals surface area contributed by atoms with E-state index in [2.05, 4.69) is 10.3 Å². The van der Waals surface area contributed by atoms with Crippen molar-refractivity contribution in [2.75, 3.05) is 13.1 Å². The van der Waals surface area contributed by atoms with Crippen molar-refractivity contribution < 1.29 is 4.42 Å². The maximum atomic E-state index is 5.81. The van der Waals surface area contributed by atoms with Crippen LogP contribution in [0.2, 0.25) is 0 Å². The van der Waals surface area contributed by atoms with Gasteiger partial charge < -0.3 is 15.5 Å². The third kappa shape index (κ3) is 2.14. The summed E-state index contributed by atoms with van der Waals surface area (Å²) in [5.41, 5.74) is 5.81. The molecule has 76 valence electrons. The zero-order chi connectivity index (χ0) is 9.80. The van der Waals surface area contributed by atoms with E-state index in [1.165, 1.54) is 0 Å². The number of nitrogens with one attached hydrogen (secondary N) is 1. The van der Waals surface area contributed by atoms with Crippen LogP contribution in [-0.4, -0.2) is 25.0 Å². The summed E-state index contributed by atoms with van der Waals surface area (Å²) in [5.74, 6) is 1.19. The molecule has 1 aliphatic heterocycles. The van der Waals surface area contributed by atoms with Gasteiger partial charge in [-0.05, 0) is 38.1 Å². The van der Waals surface area contributed by atoms with Crippen molar-refractivity contribution in [2.45, 2.75) is 18.9 Å². The van der Waals surface area contributed by atoms with E-state index >= 15 is 0 Å². The second kappa shape index (κ2) is 4.28. The molecule has 0 atom stereocenters. The van der Waals surface area contributed by atoms with E-state index in [9.17, 15) is 0 Å². The van der Waals surface area contributed by atoms with Gasteiger partial charge in [-0.1, -0.05) is 0 Å². The van der Waals surface area contributed by atoms with E-state index in [1.807, 2.05) is 12.1 Å². The molecule has 0 aromatic carbocycles.